The van der Waals surface area contributed by atoms with Crippen molar-refractivity contribution in [2.24, 2.45) is 0 Å². The highest BCUT2D eigenvalue weighted by Gasteiger charge is 2.12. The molecule has 3 heteroatoms. The van der Waals surface area contributed by atoms with Gasteiger partial charge in [-0.2, -0.15) is 0 Å². The van der Waals surface area contributed by atoms with Crippen LogP contribution in [0.25, 0.3) is 0 Å². The fourth-order valence-corrected chi connectivity index (χ4v) is 2.08. The van der Waals surface area contributed by atoms with E-state index in [2.05, 4.69) is 41.8 Å². The molecule has 0 fully saturated rings. The Hall–Kier alpha value is -0.830. The molecule has 0 aliphatic heterocycles. The number of hydrogen-bond donors (Lipinski definition) is 1. The molecule has 1 rings (SSSR count). The van der Waals surface area contributed by atoms with Gasteiger partial charge in [-0.25, -0.2) is 4.98 Å². The van der Waals surface area contributed by atoms with Gasteiger partial charge in [0.05, 0.1) is 0 Å². The molecule has 1 unspecified atom stereocenters. The molecule has 0 saturated carbocycles. The normalized spacial score (nSPS) is 12.9. The molecule has 16 heavy (non-hydrogen) atoms. The van der Waals surface area contributed by atoms with E-state index in [1.165, 1.54) is 18.7 Å². The zero-order chi connectivity index (χ0) is 11.8. The smallest absolute Gasteiger partial charge is 0.108 e. The molecule has 1 atom stereocenters. The van der Waals surface area contributed by atoms with Gasteiger partial charge in [-0.15, -0.1) is 0 Å². The summed E-state index contributed by atoms with van der Waals surface area (Å²) in [6.07, 6.45) is 8.75. The Labute approximate surface area is 99.3 Å². The second kappa shape index (κ2) is 7.44. The number of hydrogen-bond acceptors (Lipinski definition) is 2. The van der Waals surface area contributed by atoms with E-state index in [9.17, 15) is 0 Å². The first-order chi connectivity index (χ1) is 7.83. The summed E-state index contributed by atoms with van der Waals surface area (Å²) in [7, 11) is 0. The number of aromatic nitrogens is 2. The fourth-order valence-electron chi connectivity index (χ4n) is 2.08. The summed E-state index contributed by atoms with van der Waals surface area (Å²) >= 11 is 0. The molecule has 0 spiro atoms. The van der Waals surface area contributed by atoms with Crippen molar-refractivity contribution in [3.8, 4) is 0 Å². The van der Waals surface area contributed by atoms with E-state index in [0.29, 0.717) is 6.04 Å². The molecule has 0 aliphatic carbocycles. The molecule has 0 aliphatic rings. The minimum Gasteiger partial charge on any atom is -0.331 e. The van der Waals surface area contributed by atoms with Crippen LogP contribution in [0.3, 0.4) is 0 Å². The van der Waals surface area contributed by atoms with Crippen LogP contribution in [0.2, 0.25) is 0 Å². The number of rotatable bonds is 8. The van der Waals surface area contributed by atoms with Crippen LogP contribution in [0, 0.1) is 0 Å². The van der Waals surface area contributed by atoms with Crippen LogP contribution < -0.4 is 5.32 Å². The van der Waals surface area contributed by atoms with Gasteiger partial charge in [-0.05, 0) is 19.4 Å². The highest BCUT2D eigenvalue weighted by Crippen LogP contribution is 2.16. The summed E-state index contributed by atoms with van der Waals surface area (Å²) in [5.41, 5.74) is 0. The lowest BCUT2D eigenvalue weighted by molar-refractivity contribution is 0.420. The van der Waals surface area contributed by atoms with Crippen LogP contribution in [0.4, 0.5) is 0 Å². The van der Waals surface area contributed by atoms with Crippen molar-refractivity contribution in [3.63, 3.8) is 0 Å². The second-order valence-corrected chi connectivity index (χ2v) is 4.25. The van der Waals surface area contributed by atoms with Crippen molar-refractivity contribution < 1.29 is 0 Å². The maximum absolute atomic E-state index is 4.45. The largest absolute Gasteiger partial charge is 0.331 e. The van der Waals surface area contributed by atoms with E-state index < -0.39 is 0 Å². The lowest BCUT2D eigenvalue weighted by Gasteiger charge is -2.20. The fraction of sp³-hybridized carbons (Fsp3) is 0.769. The van der Waals surface area contributed by atoms with Gasteiger partial charge >= 0.3 is 0 Å². The first-order valence-corrected chi connectivity index (χ1v) is 6.55. The standard InChI is InChI=1S/C13H25N3/c1-4-7-12(11-14-6-3)16-10-9-15-13(16)8-5-2/h9-10,12,14H,4-8,11H2,1-3H3. The Balaban J connectivity index is 2.70. The first-order valence-electron chi connectivity index (χ1n) is 6.55. The maximum Gasteiger partial charge on any atom is 0.108 e. The summed E-state index contributed by atoms with van der Waals surface area (Å²) in [4.78, 5) is 4.45. The number of aryl methyl sites for hydroxylation is 1. The summed E-state index contributed by atoms with van der Waals surface area (Å²) in [5, 5.41) is 3.44. The van der Waals surface area contributed by atoms with E-state index in [-0.39, 0.29) is 0 Å². The van der Waals surface area contributed by atoms with Gasteiger partial charge in [-0.1, -0.05) is 27.2 Å². The van der Waals surface area contributed by atoms with Gasteiger partial charge in [0.2, 0.25) is 0 Å². The molecular weight excluding hydrogens is 198 g/mol. The van der Waals surface area contributed by atoms with Crippen LogP contribution in [-0.2, 0) is 6.42 Å². The SMILES string of the molecule is CCCc1nccn1C(CCC)CNCC. The molecule has 0 saturated heterocycles. The zero-order valence-electron chi connectivity index (χ0n) is 10.9. The van der Waals surface area contributed by atoms with E-state index in [4.69, 9.17) is 0 Å². The molecule has 0 bridgehead atoms. The summed E-state index contributed by atoms with van der Waals surface area (Å²) in [6.45, 7) is 8.70. The number of likely N-dealkylation sites (N-methyl/N-ethyl adjacent to an activating group) is 1. The van der Waals surface area contributed by atoms with Crippen molar-refractivity contribution >= 4 is 0 Å². The summed E-state index contributed by atoms with van der Waals surface area (Å²) in [6, 6.07) is 0.564. The van der Waals surface area contributed by atoms with Crippen LogP contribution in [0.5, 0.6) is 0 Å². The highest BCUT2D eigenvalue weighted by molar-refractivity contribution is 4.96. The van der Waals surface area contributed by atoms with Gasteiger partial charge in [0.1, 0.15) is 5.82 Å². The van der Waals surface area contributed by atoms with E-state index >= 15 is 0 Å². The second-order valence-electron chi connectivity index (χ2n) is 4.25. The molecule has 3 nitrogen and oxygen atoms in total. The first kappa shape index (κ1) is 13.2. The Morgan fingerprint density at radius 3 is 2.75 bits per heavy atom. The Morgan fingerprint density at radius 2 is 2.12 bits per heavy atom. The quantitative estimate of drug-likeness (QED) is 0.734. The third-order valence-corrected chi connectivity index (χ3v) is 2.87. The third kappa shape index (κ3) is 3.63. The predicted octanol–water partition coefficient (Wildman–Crippen LogP) is 2.79. The molecule has 1 aromatic heterocycles. The Kier molecular flexibility index (Phi) is 6.16. The van der Waals surface area contributed by atoms with Crippen LogP contribution in [0.1, 0.15) is 51.9 Å². The number of imidazole rings is 1. The maximum atomic E-state index is 4.45. The average molecular weight is 223 g/mol. The van der Waals surface area contributed by atoms with Crippen molar-refractivity contribution in [2.45, 2.75) is 52.5 Å². The topological polar surface area (TPSA) is 29.9 Å². The highest BCUT2D eigenvalue weighted by atomic mass is 15.1. The molecule has 0 aromatic carbocycles. The number of nitrogens with zero attached hydrogens (tertiary/aromatic N) is 2. The molecule has 1 heterocycles. The molecular formula is C13H25N3. The molecule has 0 radical (unpaired) electrons. The van der Waals surface area contributed by atoms with E-state index in [1.54, 1.807) is 0 Å². The zero-order valence-corrected chi connectivity index (χ0v) is 10.9. The molecule has 0 amide bonds. The average Bonchev–Trinajstić information content (AvgIpc) is 2.73. The van der Waals surface area contributed by atoms with Crippen molar-refractivity contribution in [2.75, 3.05) is 13.1 Å². The number of nitrogens with one attached hydrogen (secondary N) is 1. The van der Waals surface area contributed by atoms with Crippen molar-refractivity contribution in [1.82, 2.24) is 14.9 Å². The van der Waals surface area contributed by atoms with Gasteiger partial charge < -0.3 is 9.88 Å². The van der Waals surface area contributed by atoms with Crippen LogP contribution >= 0.6 is 0 Å². The monoisotopic (exact) mass is 223 g/mol. The predicted molar refractivity (Wildman–Crippen MR) is 68.7 cm³/mol. The van der Waals surface area contributed by atoms with E-state index in [1.807, 2.05) is 6.20 Å². The van der Waals surface area contributed by atoms with Crippen molar-refractivity contribution in [3.05, 3.63) is 18.2 Å². The summed E-state index contributed by atoms with van der Waals surface area (Å²) < 4.78 is 2.36. The van der Waals surface area contributed by atoms with Crippen LogP contribution in [-0.4, -0.2) is 22.6 Å². The third-order valence-electron chi connectivity index (χ3n) is 2.87. The lowest BCUT2D eigenvalue weighted by Crippen LogP contribution is -2.26. The minimum atomic E-state index is 0.564. The van der Waals surface area contributed by atoms with Gasteiger partial charge in [-0.3, -0.25) is 0 Å². The van der Waals surface area contributed by atoms with E-state index in [0.717, 1.165) is 25.9 Å². The van der Waals surface area contributed by atoms with Crippen molar-refractivity contribution in [1.29, 1.82) is 0 Å². The van der Waals surface area contributed by atoms with Gasteiger partial charge in [0.25, 0.3) is 0 Å². The summed E-state index contributed by atoms with van der Waals surface area (Å²) in [5.74, 6) is 1.24. The molecule has 1 N–H and O–H groups in total. The van der Waals surface area contributed by atoms with Crippen LogP contribution in [0.15, 0.2) is 12.4 Å². The molecule has 1 aromatic rings. The molecule has 92 valence electrons. The van der Waals surface area contributed by atoms with Gasteiger partial charge in [0.15, 0.2) is 0 Å². The lowest BCUT2D eigenvalue weighted by atomic mass is 10.1. The Bertz CT molecular complexity index is 280. The Morgan fingerprint density at radius 1 is 1.31 bits per heavy atom. The van der Waals surface area contributed by atoms with Gasteiger partial charge in [0, 0.05) is 31.4 Å². The minimum absolute atomic E-state index is 0.564.